The Morgan fingerprint density at radius 1 is 1.23 bits per heavy atom. The zero-order valence-corrected chi connectivity index (χ0v) is 13.5. The van der Waals surface area contributed by atoms with Crippen molar-refractivity contribution in [1.82, 2.24) is 15.0 Å². The molecule has 2 heterocycles. The number of anilines is 1. The average molecular weight is 353 g/mol. The van der Waals surface area contributed by atoms with E-state index in [4.69, 9.17) is 23.2 Å². The van der Waals surface area contributed by atoms with Crippen molar-refractivity contribution in [2.75, 3.05) is 11.1 Å². The lowest BCUT2D eigenvalue weighted by Crippen LogP contribution is -2.13. The van der Waals surface area contributed by atoms with Crippen LogP contribution in [-0.2, 0) is 4.79 Å². The minimum atomic E-state index is -0.126. The predicted molar refractivity (Wildman–Crippen MR) is 89.7 cm³/mol. The number of thioether (sulfide) groups is 1. The fourth-order valence-corrected chi connectivity index (χ4v) is 2.74. The maximum absolute atomic E-state index is 11.9. The van der Waals surface area contributed by atoms with Crippen molar-refractivity contribution in [2.45, 2.75) is 5.16 Å². The number of carbonyl (C=O) groups is 1. The maximum Gasteiger partial charge on any atom is 0.234 e. The summed E-state index contributed by atoms with van der Waals surface area (Å²) in [6.07, 6.45) is 1.53. The van der Waals surface area contributed by atoms with E-state index in [2.05, 4.69) is 20.3 Å². The molecule has 2 aromatic heterocycles. The lowest BCUT2D eigenvalue weighted by atomic mass is 10.3. The molecular weight excluding hydrogens is 343 g/mol. The number of imidazole rings is 1. The molecule has 0 unspecified atom stereocenters. The summed E-state index contributed by atoms with van der Waals surface area (Å²) in [4.78, 5) is 23.4. The van der Waals surface area contributed by atoms with Crippen LogP contribution >= 0.6 is 35.0 Å². The van der Waals surface area contributed by atoms with Gasteiger partial charge in [-0.25, -0.2) is 9.97 Å². The molecule has 2 N–H and O–H groups in total. The van der Waals surface area contributed by atoms with Crippen molar-refractivity contribution in [3.63, 3.8) is 0 Å². The van der Waals surface area contributed by atoms with Crippen molar-refractivity contribution in [3.8, 4) is 0 Å². The van der Waals surface area contributed by atoms with Gasteiger partial charge in [0.05, 0.1) is 16.3 Å². The van der Waals surface area contributed by atoms with E-state index < -0.39 is 0 Å². The number of H-pyrrole nitrogens is 1. The van der Waals surface area contributed by atoms with Gasteiger partial charge in [-0.3, -0.25) is 4.79 Å². The third-order valence-corrected chi connectivity index (χ3v) is 4.08. The minimum Gasteiger partial charge on any atom is -0.331 e. The Hall–Kier alpha value is -1.76. The first-order valence-electron chi connectivity index (χ1n) is 6.29. The van der Waals surface area contributed by atoms with Gasteiger partial charge in [0.25, 0.3) is 0 Å². The Kier molecular flexibility index (Phi) is 4.52. The molecule has 112 valence electrons. The largest absolute Gasteiger partial charge is 0.331 e. The van der Waals surface area contributed by atoms with Crippen molar-refractivity contribution >= 4 is 57.7 Å². The Balaban J connectivity index is 1.61. The van der Waals surface area contributed by atoms with Crippen molar-refractivity contribution < 1.29 is 4.79 Å². The number of benzene rings is 1. The maximum atomic E-state index is 11.9. The second kappa shape index (κ2) is 6.56. The quantitative estimate of drug-likeness (QED) is 0.696. The number of fused-ring (bicyclic) bond motifs is 1. The summed E-state index contributed by atoms with van der Waals surface area (Å²) in [6.45, 7) is 0. The van der Waals surface area contributed by atoms with Crippen LogP contribution < -0.4 is 5.32 Å². The number of carbonyl (C=O) groups excluding carboxylic acids is 1. The van der Waals surface area contributed by atoms with E-state index in [0.29, 0.717) is 26.5 Å². The summed E-state index contributed by atoms with van der Waals surface area (Å²) in [7, 11) is 0. The highest BCUT2D eigenvalue weighted by molar-refractivity contribution is 7.99. The number of hydrogen-bond donors (Lipinski definition) is 2. The molecule has 8 heteroatoms. The van der Waals surface area contributed by atoms with Crippen LogP contribution in [-0.4, -0.2) is 26.6 Å². The number of halogens is 2. The first-order valence-corrected chi connectivity index (χ1v) is 8.04. The van der Waals surface area contributed by atoms with Crippen molar-refractivity contribution in [3.05, 3.63) is 46.6 Å². The second-order valence-corrected chi connectivity index (χ2v) is 6.25. The van der Waals surface area contributed by atoms with Gasteiger partial charge in [0, 0.05) is 16.9 Å². The van der Waals surface area contributed by atoms with E-state index in [9.17, 15) is 4.79 Å². The second-order valence-electron chi connectivity index (χ2n) is 4.41. The first kappa shape index (κ1) is 15.1. The SMILES string of the molecule is O=C(CSc1nc2ncc(Cl)cc2[nH]1)Nc1ccc(Cl)cc1. The van der Waals surface area contributed by atoms with Crippen molar-refractivity contribution in [1.29, 1.82) is 0 Å². The number of amides is 1. The average Bonchev–Trinajstić information content (AvgIpc) is 2.89. The molecular formula is C14H10Cl2N4OS. The number of hydrogen-bond acceptors (Lipinski definition) is 4. The van der Waals surface area contributed by atoms with Gasteiger partial charge in [-0.05, 0) is 30.3 Å². The number of aromatic amines is 1. The molecule has 0 atom stereocenters. The van der Waals surface area contributed by atoms with Gasteiger partial charge in [-0.1, -0.05) is 35.0 Å². The Morgan fingerprint density at radius 3 is 2.77 bits per heavy atom. The van der Waals surface area contributed by atoms with Crippen LogP contribution in [0.1, 0.15) is 0 Å². The van der Waals surface area contributed by atoms with Crippen LogP contribution in [0.3, 0.4) is 0 Å². The summed E-state index contributed by atoms with van der Waals surface area (Å²) in [5.74, 6) is 0.106. The lowest BCUT2D eigenvalue weighted by Gasteiger charge is -2.03. The van der Waals surface area contributed by atoms with Gasteiger partial charge in [-0.15, -0.1) is 0 Å². The lowest BCUT2D eigenvalue weighted by molar-refractivity contribution is -0.113. The number of rotatable bonds is 4. The van der Waals surface area contributed by atoms with E-state index in [1.165, 1.54) is 18.0 Å². The Bertz CT molecular complexity index is 819. The van der Waals surface area contributed by atoms with Gasteiger partial charge in [0.1, 0.15) is 0 Å². The predicted octanol–water partition coefficient (Wildman–Crippen LogP) is 4.00. The summed E-state index contributed by atoms with van der Waals surface area (Å²) in [5, 5.41) is 4.57. The summed E-state index contributed by atoms with van der Waals surface area (Å²) in [6, 6.07) is 8.68. The van der Waals surface area contributed by atoms with Crippen LogP contribution in [0, 0.1) is 0 Å². The highest BCUT2D eigenvalue weighted by Crippen LogP contribution is 2.21. The number of pyridine rings is 1. The molecule has 0 spiro atoms. The molecule has 1 aromatic carbocycles. The Labute approximate surface area is 140 Å². The molecule has 22 heavy (non-hydrogen) atoms. The number of aromatic nitrogens is 3. The molecule has 0 radical (unpaired) electrons. The molecule has 0 aliphatic carbocycles. The van der Waals surface area contributed by atoms with E-state index in [1.54, 1.807) is 30.3 Å². The van der Waals surface area contributed by atoms with Crippen LogP contribution in [0.15, 0.2) is 41.7 Å². The van der Waals surface area contributed by atoms with E-state index in [0.717, 1.165) is 5.52 Å². The van der Waals surface area contributed by atoms with E-state index >= 15 is 0 Å². The van der Waals surface area contributed by atoms with Gasteiger partial charge >= 0.3 is 0 Å². The zero-order valence-electron chi connectivity index (χ0n) is 11.1. The Morgan fingerprint density at radius 2 is 2.00 bits per heavy atom. The number of nitrogens with one attached hydrogen (secondary N) is 2. The summed E-state index contributed by atoms with van der Waals surface area (Å²) in [5.41, 5.74) is 2.02. The molecule has 0 fully saturated rings. The highest BCUT2D eigenvalue weighted by Gasteiger charge is 2.08. The molecule has 1 amide bonds. The molecule has 0 bridgehead atoms. The van der Waals surface area contributed by atoms with Gasteiger partial charge in [0.2, 0.25) is 5.91 Å². The highest BCUT2D eigenvalue weighted by atomic mass is 35.5. The van der Waals surface area contributed by atoms with Crippen LogP contribution in [0.4, 0.5) is 5.69 Å². The summed E-state index contributed by atoms with van der Waals surface area (Å²) >= 11 is 13.0. The van der Waals surface area contributed by atoms with Crippen molar-refractivity contribution in [2.24, 2.45) is 0 Å². The zero-order chi connectivity index (χ0) is 15.5. The first-order chi connectivity index (χ1) is 10.6. The smallest absolute Gasteiger partial charge is 0.234 e. The molecule has 3 rings (SSSR count). The molecule has 0 aliphatic rings. The molecule has 0 saturated carbocycles. The molecule has 3 aromatic rings. The third-order valence-electron chi connectivity index (χ3n) is 2.75. The van der Waals surface area contributed by atoms with Crippen LogP contribution in [0.2, 0.25) is 10.0 Å². The fourth-order valence-electron chi connectivity index (χ4n) is 1.79. The molecule has 0 aliphatic heterocycles. The standard InChI is InChI=1S/C14H10Cl2N4OS/c15-8-1-3-10(4-2-8)18-12(21)7-22-14-19-11-5-9(16)6-17-13(11)20-14/h1-6H,7H2,(H,18,21)(H,17,19,20). The minimum absolute atomic E-state index is 0.126. The van der Waals surface area contributed by atoms with E-state index in [1.807, 2.05) is 0 Å². The number of nitrogens with zero attached hydrogens (tertiary/aromatic N) is 2. The van der Waals surface area contributed by atoms with Crippen LogP contribution in [0.5, 0.6) is 0 Å². The summed E-state index contributed by atoms with van der Waals surface area (Å²) < 4.78 is 0. The van der Waals surface area contributed by atoms with Crippen LogP contribution in [0.25, 0.3) is 11.2 Å². The normalized spacial score (nSPS) is 10.8. The van der Waals surface area contributed by atoms with Gasteiger partial charge < -0.3 is 10.3 Å². The third kappa shape index (κ3) is 3.71. The monoisotopic (exact) mass is 352 g/mol. The van der Waals surface area contributed by atoms with Gasteiger partial charge in [0.15, 0.2) is 10.8 Å². The molecule has 0 saturated heterocycles. The fraction of sp³-hybridized carbons (Fsp3) is 0.0714. The van der Waals surface area contributed by atoms with Gasteiger partial charge in [-0.2, -0.15) is 0 Å². The molecule has 5 nitrogen and oxygen atoms in total. The topological polar surface area (TPSA) is 70.7 Å². The van der Waals surface area contributed by atoms with E-state index in [-0.39, 0.29) is 11.7 Å².